The van der Waals surface area contributed by atoms with Crippen molar-refractivity contribution in [1.29, 1.82) is 0 Å². The Morgan fingerprint density at radius 3 is 1.11 bits per heavy atom. The van der Waals surface area contributed by atoms with Gasteiger partial charge in [-0.25, -0.2) is 0 Å². The second-order valence-electron chi connectivity index (χ2n) is 5.05. The lowest BCUT2D eigenvalue weighted by Crippen LogP contribution is -1.86. The van der Waals surface area contributed by atoms with Gasteiger partial charge in [-0.15, -0.1) is 0 Å². The first-order valence-electron chi connectivity index (χ1n) is 8.07. The van der Waals surface area contributed by atoms with Crippen molar-refractivity contribution in [2.45, 2.75) is 78.1 Å². The van der Waals surface area contributed by atoms with E-state index >= 15 is 0 Å². The summed E-state index contributed by atoms with van der Waals surface area (Å²) in [7, 11) is 0. The van der Waals surface area contributed by atoms with Crippen LogP contribution in [0.2, 0.25) is 0 Å². The van der Waals surface area contributed by atoms with Crippen LogP contribution in [0.1, 0.15) is 78.1 Å². The monoisotopic (exact) mass is 290 g/mol. The van der Waals surface area contributed by atoms with Gasteiger partial charge in [0.1, 0.15) is 0 Å². The highest BCUT2D eigenvalue weighted by Gasteiger charge is 1.93. The van der Waals surface area contributed by atoms with Crippen molar-refractivity contribution >= 4 is 23.5 Å². The molecule has 0 fully saturated rings. The molecular weight excluding hydrogens is 256 g/mol. The normalized spacial score (nSPS) is 11.0. The minimum absolute atomic E-state index is 1.33. The second kappa shape index (κ2) is 17.7. The van der Waals surface area contributed by atoms with Crippen LogP contribution in [-0.2, 0) is 0 Å². The summed E-state index contributed by atoms with van der Waals surface area (Å²) in [6, 6.07) is 0. The predicted molar refractivity (Wildman–Crippen MR) is 92.2 cm³/mol. The molecule has 0 aromatic carbocycles. The molecule has 0 N–H and O–H groups in total. The lowest BCUT2D eigenvalue weighted by Gasteiger charge is -2.03. The molecule has 0 unspecified atom stereocenters. The fourth-order valence-corrected chi connectivity index (χ4v) is 3.76. The van der Waals surface area contributed by atoms with E-state index in [0.29, 0.717) is 0 Å². The van der Waals surface area contributed by atoms with Gasteiger partial charge in [0.15, 0.2) is 0 Å². The minimum atomic E-state index is 1.33. The molecule has 0 spiro atoms. The van der Waals surface area contributed by atoms with Crippen LogP contribution in [0.15, 0.2) is 0 Å². The zero-order valence-electron chi connectivity index (χ0n) is 12.7. The standard InChI is InChI=1S/C16H34S2/c1-3-13-17-15-11-9-7-5-6-8-10-12-16-18-14-4-2/h3-16H2,1-2H3. The van der Waals surface area contributed by atoms with Gasteiger partial charge in [-0.1, -0.05) is 52.4 Å². The molecule has 0 aromatic rings. The molecule has 0 aliphatic heterocycles. The molecule has 0 rings (SSSR count). The summed E-state index contributed by atoms with van der Waals surface area (Å²) >= 11 is 4.26. The van der Waals surface area contributed by atoms with Gasteiger partial charge in [0, 0.05) is 0 Å². The van der Waals surface area contributed by atoms with Crippen LogP contribution in [0.3, 0.4) is 0 Å². The number of hydrogen-bond donors (Lipinski definition) is 0. The summed E-state index contributed by atoms with van der Waals surface area (Å²) in [5.41, 5.74) is 0. The van der Waals surface area contributed by atoms with Crippen LogP contribution in [0.5, 0.6) is 0 Å². The molecule has 0 aromatic heterocycles. The largest absolute Gasteiger partial charge is 0.162 e. The van der Waals surface area contributed by atoms with Crippen LogP contribution < -0.4 is 0 Å². The smallest absolute Gasteiger partial charge is 0.00675 e. The Bertz CT molecular complexity index is 121. The van der Waals surface area contributed by atoms with Crippen molar-refractivity contribution in [3.63, 3.8) is 0 Å². The molecule has 0 heterocycles. The molecule has 110 valence electrons. The van der Waals surface area contributed by atoms with Crippen LogP contribution in [0.25, 0.3) is 0 Å². The Labute approximate surface area is 124 Å². The Kier molecular flexibility index (Phi) is 18.4. The van der Waals surface area contributed by atoms with E-state index in [2.05, 4.69) is 37.4 Å². The fraction of sp³-hybridized carbons (Fsp3) is 1.00. The third-order valence-corrected chi connectivity index (χ3v) is 5.57. The average molecular weight is 291 g/mol. The van der Waals surface area contributed by atoms with E-state index in [1.54, 1.807) is 0 Å². The highest BCUT2D eigenvalue weighted by molar-refractivity contribution is 7.99. The van der Waals surface area contributed by atoms with E-state index in [1.807, 2.05) is 0 Å². The van der Waals surface area contributed by atoms with Crippen molar-refractivity contribution in [1.82, 2.24) is 0 Å². The van der Waals surface area contributed by atoms with Crippen molar-refractivity contribution in [2.24, 2.45) is 0 Å². The van der Waals surface area contributed by atoms with Gasteiger partial charge < -0.3 is 0 Å². The van der Waals surface area contributed by atoms with E-state index < -0.39 is 0 Å². The maximum atomic E-state index is 2.27. The molecule has 2 heteroatoms. The summed E-state index contributed by atoms with van der Waals surface area (Å²) in [6.45, 7) is 4.54. The van der Waals surface area contributed by atoms with Crippen molar-refractivity contribution in [3.05, 3.63) is 0 Å². The summed E-state index contributed by atoms with van der Waals surface area (Å²) < 4.78 is 0. The molecule has 0 aliphatic rings. The predicted octanol–water partition coefficient (Wildman–Crippen LogP) is 6.39. The second-order valence-corrected chi connectivity index (χ2v) is 7.50. The van der Waals surface area contributed by atoms with Crippen molar-refractivity contribution in [3.8, 4) is 0 Å². The molecule has 0 saturated heterocycles. The van der Waals surface area contributed by atoms with Crippen molar-refractivity contribution in [2.75, 3.05) is 23.0 Å². The molecule has 0 aliphatic carbocycles. The molecule has 0 radical (unpaired) electrons. The van der Waals surface area contributed by atoms with Gasteiger partial charge >= 0.3 is 0 Å². The summed E-state index contributed by atoms with van der Waals surface area (Å²) in [5.74, 6) is 5.50. The Balaban J connectivity index is 2.86. The van der Waals surface area contributed by atoms with Gasteiger partial charge in [0.2, 0.25) is 0 Å². The summed E-state index contributed by atoms with van der Waals surface area (Å²) in [4.78, 5) is 0. The number of hydrogen-bond acceptors (Lipinski definition) is 2. The quantitative estimate of drug-likeness (QED) is 0.320. The average Bonchev–Trinajstić information content (AvgIpc) is 2.39. The number of rotatable bonds is 15. The Hall–Kier alpha value is 0.700. The van der Waals surface area contributed by atoms with Crippen molar-refractivity contribution < 1.29 is 0 Å². The SMILES string of the molecule is CCCSCCCCCCCCCCSCCC. The van der Waals surface area contributed by atoms with Crippen LogP contribution in [-0.4, -0.2) is 23.0 Å². The van der Waals surface area contributed by atoms with Gasteiger partial charge in [-0.2, -0.15) is 23.5 Å². The first kappa shape index (κ1) is 18.7. The number of unbranched alkanes of at least 4 members (excludes halogenated alkanes) is 7. The highest BCUT2D eigenvalue weighted by atomic mass is 32.2. The topological polar surface area (TPSA) is 0 Å². The zero-order chi connectivity index (χ0) is 13.3. The maximum Gasteiger partial charge on any atom is -0.00675 e. The van der Waals surface area contributed by atoms with Gasteiger partial charge in [0.05, 0.1) is 0 Å². The fourth-order valence-electron chi connectivity index (χ4n) is 1.96. The minimum Gasteiger partial charge on any atom is -0.162 e. The first-order valence-corrected chi connectivity index (χ1v) is 10.4. The third kappa shape index (κ3) is 16.7. The van der Waals surface area contributed by atoms with Gasteiger partial charge in [-0.3, -0.25) is 0 Å². The molecule has 18 heavy (non-hydrogen) atoms. The first-order chi connectivity index (χ1) is 8.91. The number of thioether (sulfide) groups is 2. The highest BCUT2D eigenvalue weighted by Crippen LogP contribution is 2.13. The molecule has 0 nitrogen and oxygen atoms in total. The van der Waals surface area contributed by atoms with E-state index in [4.69, 9.17) is 0 Å². The molecule has 0 atom stereocenters. The molecular formula is C16H34S2. The maximum absolute atomic E-state index is 2.27. The zero-order valence-corrected chi connectivity index (χ0v) is 14.3. The third-order valence-electron chi connectivity index (χ3n) is 3.02. The summed E-state index contributed by atoms with van der Waals surface area (Å²) in [5, 5.41) is 0. The Morgan fingerprint density at radius 2 is 0.778 bits per heavy atom. The van der Waals surface area contributed by atoms with E-state index in [1.165, 1.54) is 87.2 Å². The van der Waals surface area contributed by atoms with Gasteiger partial charge in [0.25, 0.3) is 0 Å². The lowest BCUT2D eigenvalue weighted by atomic mass is 10.1. The lowest BCUT2D eigenvalue weighted by molar-refractivity contribution is 0.587. The van der Waals surface area contributed by atoms with Crippen LogP contribution in [0.4, 0.5) is 0 Å². The molecule has 0 amide bonds. The van der Waals surface area contributed by atoms with Crippen LogP contribution >= 0.6 is 23.5 Å². The van der Waals surface area contributed by atoms with E-state index in [0.717, 1.165) is 0 Å². The van der Waals surface area contributed by atoms with Gasteiger partial charge in [-0.05, 0) is 48.7 Å². The van der Waals surface area contributed by atoms with Crippen LogP contribution in [0, 0.1) is 0 Å². The molecule has 0 bridgehead atoms. The van der Waals surface area contributed by atoms with E-state index in [9.17, 15) is 0 Å². The van der Waals surface area contributed by atoms with E-state index in [-0.39, 0.29) is 0 Å². The summed E-state index contributed by atoms with van der Waals surface area (Å²) in [6.07, 6.45) is 14.4. The molecule has 0 saturated carbocycles. The Morgan fingerprint density at radius 1 is 0.444 bits per heavy atom.